The fourth-order valence-corrected chi connectivity index (χ4v) is 2.01. The molecule has 0 aliphatic heterocycles. The van der Waals surface area contributed by atoms with Gasteiger partial charge in [-0.15, -0.1) is 0 Å². The molecule has 1 unspecified atom stereocenters. The van der Waals surface area contributed by atoms with Crippen molar-refractivity contribution in [1.29, 1.82) is 0 Å². The van der Waals surface area contributed by atoms with Crippen LogP contribution in [0.3, 0.4) is 0 Å². The first-order chi connectivity index (χ1) is 7.23. The minimum absolute atomic E-state index is 0.323. The highest BCUT2D eigenvalue weighted by Crippen LogP contribution is 2.32. The van der Waals surface area contributed by atoms with Crippen molar-refractivity contribution in [3.05, 3.63) is 30.1 Å². The average Bonchev–Trinajstić information content (AvgIpc) is 2.30. The molecule has 0 spiro atoms. The van der Waals surface area contributed by atoms with E-state index in [1.807, 2.05) is 18.5 Å². The Balaban J connectivity index is 2.67. The van der Waals surface area contributed by atoms with Crippen LogP contribution in [0.2, 0.25) is 0 Å². The third kappa shape index (κ3) is 3.33. The largest absolute Gasteiger partial charge is 0.264 e. The van der Waals surface area contributed by atoms with E-state index in [-0.39, 0.29) is 0 Å². The smallest absolute Gasteiger partial charge is 0.0305 e. The summed E-state index contributed by atoms with van der Waals surface area (Å²) in [5.74, 6) is 0. The Hall–Kier alpha value is -0.850. The van der Waals surface area contributed by atoms with Crippen molar-refractivity contribution in [3.63, 3.8) is 0 Å². The fraction of sp³-hybridized carbons (Fsp3) is 0.643. The summed E-state index contributed by atoms with van der Waals surface area (Å²) in [6.45, 7) is 6.89. The van der Waals surface area contributed by atoms with Crippen LogP contribution in [0.1, 0.15) is 58.4 Å². The molecule has 0 aliphatic rings. The van der Waals surface area contributed by atoms with E-state index in [4.69, 9.17) is 0 Å². The maximum atomic E-state index is 4.23. The zero-order valence-corrected chi connectivity index (χ0v) is 10.3. The molecule has 1 heteroatoms. The van der Waals surface area contributed by atoms with E-state index in [0.29, 0.717) is 5.41 Å². The van der Waals surface area contributed by atoms with E-state index in [0.717, 1.165) is 0 Å². The first-order valence-corrected chi connectivity index (χ1v) is 6.13. The van der Waals surface area contributed by atoms with Crippen LogP contribution >= 0.6 is 0 Å². The number of hydrogen-bond acceptors (Lipinski definition) is 1. The molecule has 0 saturated carbocycles. The minimum Gasteiger partial charge on any atom is -0.264 e. The van der Waals surface area contributed by atoms with Gasteiger partial charge in [0.1, 0.15) is 0 Å². The molecule has 1 heterocycles. The van der Waals surface area contributed by atoms with Crippen molar-refractivity contribution in [2.45, 2.75) is 58.3 Å². The summed E-state index contributed by atoms with van der Waals surface area (Å²) in [7, 11) is 0. The third-order valence-corrected chi connectivity index (χ3v) is 3.47. The number of aromatic nitrogens is 1. The molecule has 84 valence electrons. The van der Waals surface area contributed by atoms with Gasteiger partial charge in [-0.25, -0.2) is 0 Å². The van der Waals surface area contributed by atoms with Gasteiger partial charge in [-0.3, -0.25) is 4.98 Å². The molecule has 1 aromatic rings. The van der Waals surface area contributed by atoms with Crippen molar-refractivity contribution in [2.24, 2.45) is 0 Å². The van der Waals surface area contributed by atoms with Crippen LogP contribution < -0.4 is 0 Å². The summed E-state index contributed by atoms with van der Waals surface area (Å²) in [6, 6.07) is 4.26. The van der Waals surface area contributed by atoms with Gasteiger partial charge in [0.25, 0.3) is 0 Å². The molecule has 0 saturated heterocycles. The molecular formula is C14H23N. The van der Waals surface area contributed by atoms with Gasteiger partial charge in [-0.2, -0.15) is 0 Å². The number of nitrogens with zero attached hydrogens (tertiary/aromatic N) is 1. The van der Waals surface area contributed by atoms with Crippen molar-refractivity contribution in [1.82, 2.24) is 4.98 Å². The Morgan fingerprint density at radius 1 is 1.27 bits per heavy atom. The van der Waals surface area contributed by atoms with Gasteiger partial charge in [0.05, 0.1) is 0 Å². The molecule has 0 amide bonds. The van der Waals surface area contributed by atoms with Crippen LogP contribution in [0.4, 0.5) is 0 Å². The Kier molecular flexibility index (Phi) is 4.80. The van der Waals surface area contributed by atoms with Crippen LogP contribution in [-0.4, -0.2) is 4.98 Å². The molecule has 1 aromatic heterocycles. The lowest BCUT2D eigenvalue weighted by molar-refractivity contribution is 0.397. The number of unbranched alkanes of at least 4 members (excludes halogenated alkanes) is 2. The topological polar surface area (TPSA) is 12.9 Å². The Bertz CT molecular complexity index is 268. The molecule has 0 fully saturated rings. The summed E-state index contributed by atoms with van der Waals surface area (Å²) >= 11 is 0. The van der Waals surface area contributed by atoms with Gasteiger partial charge >= 0.3 is 0 Å². The second-order valence-electron chi connectivity index (χ2n) is 4.61. The van der Waals surface area contributed by atoms with Crippen LogP contribution in [0.15, 0.2) is 24.5 Å². The molecule has 0 aliphatic carbocycles. The number of pyridine rings is 1. The van der Waals surface area contributed by atoms with E-state index >= 15 is 0 Å². The Morgan fingerprint density at radius 3 is 2.60 bits per heavy atom. The first-order valence-electron chi connectivity index (χ1n) is 6.13. The van der Waals surface area contributed by atoms with Crippen molar-refractivity contribution < 1.29 is 0 Å². The zero-order chi connectivity index (χ0) is 11.1. The van der Waals surface area contributed by atoms with Gasteiger partial charge in [-0.05, 0) is 29.9 Å². The summed E-state index contributed by atoms with van der Waals surface area (Å²) in [4.78, 5) is 4.23. The molecule has 1 atom stereocenters. The molecule has 0 N–H and O–H groups in total. The second kappa shape index (κ2) is 5.89. The zero-order valence-electron chi connectivity index (χ0n) is 10.3. The van der Waals surface area contributed by atoms with Crippen LogP contribution in [0, 0.1) is 0 Å². The van der Waals surface area contributed by atoms with E-state index in [1.165, 1.54) is 37.7 Å². The maximum absolute atomic E-state index is 4.23. The highest BCUT2D eigenvalue weighted by atomic mass is 14.6. The summed E-state index contributed by atoms with van der Waals surface area (Å²) in [6.07, 6.45) is 10.3. The lowest BCUT2D eigenvalue weighted by Gasteiger charge is -2.28. The Labute approximate surface area is 93.9 Å². The van der Waals surface area contributed by atoms with Gasteiger partial charge in [0.15, 0.2) is 0 Å². The van der Waals surface area contributed by atoms with Gasteiger partial charge < -0.3 is 0 Å². The van der Waals surface area contributed by atoms with E-state index < -0.39 is 0 Å². The van der Waals surface area contributed by atoms with E-state index in [1.54, 1.807) is 0 Å². The Morgan fingerprint density at radius 2 is 2.07 bits per heavy atom. The number of rotatable bonds is 6. The average molecular weight is 205 g/mol. The van der Waals surface area contributed by atoms with Crippen LogP contribution in [0.5, 0.6) is 0 Å². The lowest BCUT2D eigenvalue weighted by Crippen LogP contribution is -2.20. The quantitative estimate of drug-likeness (QED) is 0.630. The molecule has 1 rings (SSSR count). The predicted molar refractivity (Wildman–Crippen MR) is 66.0 cm³/mol. The predicted octanol–water partition coefficient (Wildman–Crippen LogP) is 4.33. The number of hydrogen-bond donors (Lipinski definition) is 0. The molecule has 0 radical (unpaired) electrons. The van der Waals surface area contributed by atoms with Gasteiger partial charge in [-0.1, -0.05) is 46.1 Å². The standard InChI is InChI=1S/C14H23N/c1-4-6-7-10-14(3,5-2)13-9-8-11-15-12-13/h8-9,11-12H,4-7,10H2,1-3H3. The molecule has 0 bridgehead atoms. The molecule has 1 nitrogen and oxygen atoms in total. The minimum atomic E-state index is 0.323. The summed E-state index contributed by atoms with van der Waals surface area (Å²) in [5.41, 5.74) is 1.72. The monoisotopic (exact) mass is 205 g/mol. The van der Waals surface area contributed by atoms with Crippen LogP contribution in [0.25, 0.3) is 0 Å². The SMILES string of the molecule is CCCCCC(C)(CC)c1cccnc1. The van der Waals surface area contributed by atoms with E-state index in [2.05, 4.69) is 31.8 Å². The highest BCUT2D eigenvalue weighted by Gasteiger charge is 2.23. The lowest BCUT2D eigenvalue weighted by atomic mass is 9.77. The first kappa shape index (κ1) is 12.2. The molecule has 0 aromatic carbocycles. The fourth-order valence-electron chi connectivity index (χ4n) is 2.01. The summed E-state index contributed by atoms with van der Waals surface area (Å²) in [5, 5.41) is 0. The highest BCUT2D eigenvalue weighted by molar-refractivity contribution is 5.20. The normalized spacial score (nSPS) is 14.9. The van der Waals surface area contributed by atoms with Gasteiger partial charge in [0.2, 0.25) is 0 Å². The summed E-state index contributed by atoms with van der Waals surface area (Å²) < 4.78 is 0. The van der Waals surface area contributed by atoms with E-state index in [9.17, 15) is 0 Å². The van der Waals surface area contributed by atoms with Crippen molar-refractivity contribution in [3.8, 4) is 0 Å². The molecule has 15 heavy (non-hydrogen) atoms. The third-order valence-electron chi connectivity index (χ3n) is 3.47. The van der Waals surface area contributed by atoms with Gasteiger partial charge in [0, 0.05) is 12.4 Å². The van der Waals surface area contributed by atoms with Crippen molar-refractivity contribution in [2.75, 3.05) is 0 Å². The van der Waals surface area contributed by atoms with Crippen LogP contribution in [-0.2, 0) is 5.41 Å². The maximum Gasteiger partial charge on any atom is 0.0305 e. The van der Waals surface area contributed by atoms with Crippen molar-refractivity contribution >= 4 is 0 Å². The second-order valence-corrected chi connectivity index (χ2v) is 4.61. The molecular weight excluding hydrogens is 182 g/mol.